The standard InChI is InChI=1S/C20H29F3N2O2S/c1-13(2)11-12-25(19(27)20(21,22)23)17(16-10-9-14(3)28-16)18(26)24-15-7-5-4-6-8-15/h9-10,13,15,17H,4-8,11-12H2,1-3H3,(H,24,26). The minimum Gasteiger partial charge on any atom is -0.351 e. The number of nitrogens with one attached hydrogen (secondary N) is 1. The molecule has 28 heavy (non-hydrogen) atoms. The Labute approximate surface area is 168 Å². The molecule has 4 nitrogen and oxygen atoms in total. The van der Waals surface area contributed by atoms with Crippen molar-refractivity contribution in [1.82, 2.24) is 10.2 Å². The number of amides is 2. The van der Waals surface area contributed by atoms with Crippen molar-refractivity contribution in [3.05, 3.63) is 21.9 Å². The zero-order chi connectivity index (χ0) is 20.9. The van der Waals surface area contributed by atoms with E-state index in [0.717, 1.165) is 37.0 Å². The number of carbonyl (C=O) groups is 2. The number of carbonyl (C=O) groups excluding carboxylic acids is 2. The number of alkyl halides is 3. The van der Waals surface area contributed by atoms with Crippen molar-refractivity contribution in [2.75, 3.05) is 6.54 Å². The molecule has 1 aromatic rings. The van der Waals surface area contributed by atoms with Crippen LogP contribution in [0.2, 0.25) is 0 Å². The highest BCUT2D eigenvalue weighted by atomic mass is 32.1. The smallest absolute Gasteiger partial charge is 0.351 e. The monoisotopic (exact) mass is 418 g/mol. The minimum absolute atomic E-state index is 0.0438. The second-order valence-electron chi connectivity index (χ2n) is 7.87. The summed E-state index contributed by atoms with van der Waals surface area (Å²) in [6.07, 6.45) is 0.0971. The van der Waals surface area contributed by atoms with Gasteiger partial charge in [0.1, 0.15) is 6.04 Å². The third kappa shape index (κ3) is 6.22. The molecule has 2 rings (SSSR count). The molecule has 0 saturated heterocycles. The third-order valence-corrected chi connectivity index (χ3v) is 6.05. The van der Waals surface area contributed by atoms with E-state index < -0.39 is 24.0 Å². The van der Waals surface area contributed by atoms with Crippen molar-refractivity contribution in [2.45, 2.75) is 77.6 Å². The van der Waals surface area contributed by atoms with Crippen LogP contribution in [0.4, 0.5) is 13.2 Å². The Balaban J connectivity index is 2.34. The van der Waals surface area contributed by atoms with Gasteiger partial charge in [0.05, 0.1) is 0 Å². The highest BCUT2D eigenvalue weighted by molar-refractivity contribution is 7.12. The second-order valence-corrected chi connectivity index (χ2v) is 9.19. The molecule has 2 amide bonds. The molecule has 1 fully saturated rings. The fourth-order valence-corrected chi connectivity index (χ4v) is 4.45. The van der Waals surface area contributed by atoms with Crippen LogP contribution in [0.3, 0.4) is 0 Å². The van der Waals surface area contributed by atoms with E-state index in [0.29, 0.717) is 16.2 Å². The van der Waals surface area contributed by atoms with E-state index in [9.17, 15) is 22.8 Å². The van der Waals surface area contributed by atoms with Crippen LogP contribution in [-0.2, 0) is 9.59 Å². The molecule has 1 atom stereocenters. The molecule has 1 N–H and O–H groups in total. The molecule has 1 aliphatic carbocycles. The predicted molar refractivity (Wildman–Crippen MR) is 104 cm³/mol. The summed E-state index contributed by atoms with van der Waals surface area (Å²) in [5.41, 5.74) is 0. The Hall–Kier alpha value is -1.57. The Morgan fingerprint density at radius 1 is 1.21 bits per heavy atom. The lowest BCUT2D eigenvalue weighted by molar-refractivity contribution is -0.188. The van der Waals surface area contributed by atoms with Crippen molar-refractivity contribution in [2.24, 2.45) is 5.92 Å². The highest BCUT2D eigenvalue weighted by Gasteiger charge is 2.47. The fourth-order valence-electron chi connectivity index (χ4n) is 3.46. The molecule has 1 aromatic heterocycles. The average Bonchev–Trinajstić information content (AvgIpc) is 3.03. The van der Waals surface area contributed by atoms with Crippen LogP contribution in [-0.4, -0.2) is 35.5 Å². The van der Waals surface area contributed by atoms with Crippen LogP contribution in [0.5, 0.6) is 0 Å². The van der Waals surface area contributed by atoms with E-state index in [1.165, 1.54) is 11.3 Å². The summed E-state index contributed by atoms with van der Waals surface area (Å²) in [5, 5.41) is 2.91. The number of thiophene rings is 1. The summed E-state index contributed by atoms with van der Waals surface area (Å²) < 4.78 is 39.9. The van der Waals surface area contributed by atoms with Gasteiger partial charge in [0, 0.05) is 22.3 Å². The fraction of sp³-hybridized carbons (Fsp3) is 0.700. The first-order valence-corrected chi connectivity index (χ1v) is 10.7. The van der Waals surface area contributed by atoms with Crippen molar-refractivity contribution < 1.29 is 22.8 Å². The van der Waals surface area contributed by atoms with Gasteiger partial charge in [0.25, 0.3) is 0 Å². The minimum atomic E-state index is -5.02. The lowest BCUT2D eigenvalue weighted by Gasteiger charge is -2.33. The van der Waals surface area contributed by atoms with Gasteiger partial charge in [-0.15, -0.1) is 11.3 Å². The van der Waals surface area contributed by atoms with Crippen LogP contribution in [0.25, 0.3) is 0 Å². The summed E-state index contributed by atoms with van der Waals surface area (Å²) in [6.45, 7) is 5.47. The number of aryl methyl sites for hydroxylation is 1. The lowest BCUT2D eigenvalue weighted by Crippen LogP contribution is -2.50. The van der Waals surface area contributed by atoms with Gasteiger partial charge < -0.3 is 10.2 Å². The highest BCUT2D eigenvalue weighted by Crippen LogP contribution is 2.32. The number of rotatable bonds is 7. The quantitative estimate of drug-likeness (QED) is 0.679. The van der Waals surface area contributed by atoms with Crippen molar-refractivity contribution in [1.29, 1.82) is 0 Å². The van der Waals surface area contributed by atoms with Crippen LogP contribution >= 0.6 is 11.3 Å². The number of nitrogens with zero attached hydrogens (tertiary/aromatic N) is 1. The van der Waals surface area contributed by atoms with Gasteiger partial charge in [-0.1, -0.05) is 33.1 Å². The predicted octanol–water partition coefficient (Wildman–Crippen LogP) is 4.98. The molecule has 8 heteroatoms. The van der Waals surface area contributed by atoms with Gasteiger partial charge in [0.2, 0.25) is 5.91 Å². The number of hydrogen-bond donors (Lipinski definition) is 1. The van der Waals surface area contributed by atoms with Crippen molar-refractivity contribution in [3.8, 4) is 0 Å². The first-order chi connectivity index (χ1) is 13.1. The molecular weight excluding hydrogens is 389 g/mol. The summed E-state index contributed by atoms with van der Waals surface area (Å²) >= 11 is 1.25. The molecular formula is C20H29F3N2O2S. The molecule has 0 radical (unpaired) electrons. The van der Waals surface area contributed by atoms with Crippen LogP contribution in [0.1, 0.15) is 68.2 Å². The van der Waals surface area contributed by atoms with Crippen LogP contribution < -0.4 is 5.32 Å². The Morgan fingerprint density at radius 3 is 2.36 bits per heavy atom. The van der Waals surface area contributed by atoms with E-state index >= 15 is 0 Å². The van der Waals surface area contributed by atoms with Gasteiger partial charge in [-0.25, -0.2) is 0 Å². The second kappa shape index (κ2) is 9.76. The number of hydrogen-bond acceptors (Lipinski definition) is 3. The molecule has 1 saturated carbocycles. The lowest BCUT2D eigenvalue weighted by atomic mass is 9.95. The molecule has 1 aliphatic rings. The maximum Gasteiger partial charge on any atom is 0.471 e. The molecule has 0 aromatic carbocycles. The molecule has 158 valence electrons. The zero-order valence-electron chi connectivity index (χ0n) is 16.6. The van der Waals surface area contributed by atoms with E-state index in [-0.39, 0.29) is 18.5 Å². The molecule has 0 aliphatic heterocycles. The van der Waals surface area contributed by atoms with E-state index in [2.05, 4.69) is 5.32 Å². The Kier molecular flexibility index (Phi) is 7.92. The summed E-state index contributed by atoms with van der Waals surface area (Å²) in [6, 6.07) is 2.11. The first kappa shape index (κ1) is 22.7. The molecule has 1 heterocycles. The molecule has 1 unspecified atom stereocenters. The summed E-state index contributed by atoms with van der Waals surface area (Å²) in [7, 11) is 0. The van der Waals surface area contributed by atoms with E-state index in [1.807, 2.05) is 20.8 Å². The SMILES string of the molecule is Cc1ccc(C(C(=O)NC2CCCCC2)N(CCC(C)C)C(=O)C(F)(F)F)s1. The summed E-state index contributed by atoms with van der Waals surface area (Å²) in [5.74, 6) is -2.37. The van der Waals surface area contributed by atoms with E-state index in [4.69, 9.17) is 0 Å². The van der Waals surface area contributed by atoms with E-state index in [1.54, 1.807) is 12.1 Å². The van der Waals surface area contributed by atoms with Crippen LogP contribution in [0, 0.1) is 12.8 Å². The average molecular weight is 419 g/mol. The maximum absolute atomic E-state index is 13.3. The van der Waals surface area contributed by atoms with Crippen molar-refractivity contribution >= 4 is 23.2 Å². The third-order valence-electron chi connectivity index (χ3n) is 4.99. The van der Waals surface area contributed by atoms with Crippen LogP contribution in [0.15, 0.2) is 12.1 Å². The Bertz CT molecular complexity index is 667. The normalized spacial score (nSPS) is 16.8. The van der Waals surface area contributed by atoms with Crippen molar-refractivity contribution in [3.63, 3.8) is 0 Å². The Morgan fingerprint density at radius 2 is 1.86 bits per heavy atom. The van der Waals surface area contributed by atoms with Gasteiger partial charge in [-0.05, 0) is 44.2 Å². The largest absolute Gasteiger partial charge is 0.471 e. The summed E-state index contributed by atoms with van der Waals surface area (Å²) in [4.78, 5) is 27.4. The van der Waals surface area contributed by atoms with Gasteiger partial charge in [-0.3, -0.25) is 9.59 Å². The number of halogens is 3. The van der Waals surface area contributed by atoms with Gasteiger partial charge in [-0.2, -0.15) is 13.2 Å². The topological polar surface area (TPSA) is 49.4 Å². The first-order valence-electron chi connectivity index (χ1n) is 9.84. The maximum atomic E-state index is 13.3. The molecule has 0 spiro atoms. The molecule has 0 bridgehead atoms. The van der Waals surface area contributed by atoms with Gasteiger partial charge >= 0.3 is 12.1 Å². The van der Waals surface area contributed by atoms with Gasteiger partial charge in [0.15, 0.2) is 0 Å². The zero-order valence-corrected chi connectivity index (χ0v) is 17.5.